The molecule has 0 aromatic heterocycles. The molecule has 0 heterocycles. The Bertz CT molecular complexity index is 634. The van der Waals surface area contributed by atoms with Gasteiger partial charge in [0, 0.05) is 21.1 Å². The van der Waals surface area contributed by atoms with Crippen LogP contribution in [0.25, 0.3) is 0 Å². The molecule has 0 saturated carbocycles. The molecule has 0 aliphatic rings. The van der Waals surface area contributed by atoms with Gasteiger partial charge in [0.15, 0.2) is 0 Å². The Kier molecular flexibility index (Phi) is 5.31. The van der Waals surface area contributed by atoms with Gasteiger partial charge in [-0.15, -0.1) is 0 Å². The van der Waals surface area contributed by atoms with E-state index in [1.165, 1.54) is 0 Å². The average molecular weight is 369 g/mol. The summed E-state index contributed by atoms with van der Waals surface area (Å²) in [5.41, 5.74) is 3.15. The lowest BCUT2D eigenvalue weighted by molar-refractivity contribution is 0.465. The molecule has 2 nitrogen and oxygen atoms in total. The van der Waals surface area contributed by atoms with Crippen LogP contribution >= 0.6 is 27.5 Å². The van der Waals surface area contributed by atoms with Crippen molar-refractivity contribution < 1.29 is 4.74 Å². The Balaban J connectivity index is 2.40. The molecule has 2 aromatic rings. The van der Waals surface area contributed by atoms with E-state index >= 15 is 0 Å². The summed E-state index contributed by atoms with van der Waals surface area (Å²) in [4.78, 5) is 0. The molecule has 0 amide bonds. The second kappa shape index (κ2) is 6.82. The normalized spacial score (nSPS) is 12.3. The van der Waals surface area contributed by atoms with Gasteiger partial charge in [-0.25, -0.2) is 0 Å². The minimum absolute atomic E-state index is 0.201. The number of halogens is 2. The van der Waals surface area contributed by atoms with Gasteiger partial charge in [-0.05, 0) is 69.3 Å². The van der Waals surface area contributed by atoms with E-state index in [4.69, 9.17) is 16.3 Å². The molecule has 2 aromatic carbocycles. The Morgan fingerprint density at radius 2 is 1.76 bits per heavy atom. The molecule has 1 N–H and O–H groups in total. The number of benzene rings is 2. The van der Waals surface area contributed by atoms with Gasteiger partial charge in [0.1, 0.15) is 11.5 Å². The van der Waals surface area contributed by atoms with Crippen LogP contribution in [0.3, 0.4) is 0 Å². The van der Waals surface area contributed by atoms with Crippen molar-refractivity contribution in [1.82, 2.24) is 5.32 Å². The molecule has 0 radical (unpaired) electrons. The van der Waals surface area contributed by atoms with Gasteiger partial charge in [-0.1, -0.05) is 27.5 Å². The van der Waals surface area contributed by atoms with Gasteiger partial charge < -0.3 is 10.1 Å². The molecule has 2 rings (SSSR count). The Labute approximate surface area is 139 Å². The highest BCUT2D eigenvalue weighted by Gasteiger charge is 2.12. The summed E-state index contributed by atoms with van der Waals surface area (Å²) in [6, 6.07) is 10.2. The summed E-state index contributed by atoms with van der Waals surface area (Å²) in [7, 11) is 1.94. The largest absolute Gasteiger partial charge is 0.457 e. The van der Waals surface area contributed by atoms with Gasteiger partial charge in [-0.2, -0.15) is 0 Å². The second-order valence-corrected chi connectivity index (χ2v) is 6.46. The molecule has 0 fully saturated rings. The number of hydrogen-bond acceptors (Lipinski definition) is 2. The predicted octanol–water partition coefficient (Wildman–Crippen LogP) is 5.79. The van der Waals surface area contributed by atoms with E-state index in [1.807, 2.05) is 45.2 Å². The van der Waals surface area contributed by atoms with Crippen molar-refractivity contribution in [3.05, 3.63) is 56.5 Å². The maximum atomic E-state index is 6.21. The van der Waals surface area contributed by atoms with Crippen molar-refractivity contribution in [2.75, 3.05) is 7.05 Å². The summed E-state index contributed by atoms with van der Waals surface area (Å²) in [5, 5.41) is 4.04. The van der Waals surface area contributed by atoms with Crippen molar-refractivity contribution in [1.29, 1.82) is 0 Å². The molecule has 112 valence electrons. The number of aryl methyl sites for hydroxylation is 2. The summed E-state index contributed by atoms with van der Waals surface area (Å²) in [5.74, 6) is 1.66. The van der Waals surface area contributed by atoms with E-state index < -0.39 is 0 Å². The predicted molar refractivity (Wildman–Crippen MR) is 92.6 cm³/mol. The van der Waals surface area contributed by atoms with Crippen molar-refractivity contribution >= 4 is 27.5 Å². The van der Waals surface area contributed by atoms with Gasteiger partial charge in [0.25, 0.3) is 0 Å². The highest BCUT2D eigenvalue weighted by Crippen LogP contribution is 2.34. The van der Waals surface area contributed by atoms with Crippen LogP contribution in [-0.4, -0.2) is 7.05 Å². The monoisotopic (exact) mass is 367 g/mol. The fourth-order valence-electron chi connectivity index (χ4n) is 2.20. The van der Waals surface area contributed by atoms with Crippen molar-refractivity contribution in [3.63, 3.8) is 0 Å². The molecule has 0 aliphatic heterocycles. The molecular weight excluding hydrogens is 350 g/mol. The first-order valence-corrected chi connectivity index (χ1v) is 8.00. The fourth-order valence-corrected chi connectivity index (χ4v) is 2.69. The minimum Gasteiger partial charge on any atom is -0.457 e. The second-order valence-electron chi connectivity index (χ2n) is 5.17. The molecular formula is C17H19BrClNO. The molecule has 0 saturated heterocycles. The zero-order valence-electron chi connectivity index (χ0n) is 12.6. The fraction of sp³-hybridized carbons (Fsp3) is 0.294. The number of nitrogens with one attached hydrogen (secondary N) is 1. The molecule has 0 spiro atoms. The van der Waals surface area contributed by atoms with Crippen LogP contribution in [0, 0.1) is 13.8 Å². The number of hydrogen-bond donors (Lipinski definition) is 1. The van der Waals surface area contributed by atoms with Gasteiger partial charge in [0.05, 0.1) is 0 Å². The quantitative estimate of drug-likeness (QED) is 0.737. The molecule has 4 heteroatoms. The lowest BCUT2D eigenvalue weighted by atomic mass is 10.1. The van der Waals surface area contributed by atoms with Crippen LogP contribution in [0.4, 0.5) is 0 Å². The molecule has 0 bridgehead atoms. The summed E-state index contributed by atoms with van der Waals surface area (Å²) < 4.78 is 7.12. The van der Waals surface area contributed by atoms with Crippen LogP contribution in [0.1, 0.15) is 29.7 Å². The van der Waals surface area contributed by atoms with Crippen molar-refractivity contribution in [2.24, 2.45) is 0 Å². The SMILES string of the molecule is CNC(C)c1cc(Br)ccc1Oc1cc(C)c(Cl)c(C)c1. The van der Waals surface area contributed by atoms with E-state index in [9.17, 15) is 0 Å². The van der Waals surface area contributed by atoms with Gasteiger partial charge >= 0.3 is 0 Å². The smallest absolute Gasteiger partial charge is 0.132 e. The van der Waals surface area contributed by atoms with E-state index in [0.29, 0.717) is 0 Å². The molecule has 1 atom stereocenters. The third-order valence-corrected chi connectivity index (χ3v) is 4.60. The standard InChI is InChI=1S/C17H19BrClNO/c1-10-7-14(8-11(2)17(10)19)21-16-6-5-13(18)9-15(16)12(3)20-4/h5-9,12,20H,1-4H3. The highest BCUT2D eigenvalue weighted by molar-refractivity contribution is 9.10. The topological polar surface area (TPSA) is 21.3 Å². The first-order valence-electron chi connectivity index (χ1n) is 6.83. The zero-order valence-corrected chi connectivity index (χ0v) is 15.0. The first kappa shape index (κ1) is 16.3. The maximum Gasteiger partial charge on any atom is 0.132 e. The summed E-state index contributed by atoms with van der Waals surface area (Å²) >= 11 is 9.72. The highest BCUT2D eigenvalue weighted by atomic mass is 79.9. The third kappa shape index (κ3) is 3.79. The molecule has 0 aliphatic carbocycles. The number of rotatable bonds is 4. The van der Waals surface area contributed by atoms with Crippen LogP contribution in [0.15, 0.2) is 34.8 Å². The van der Waals surface area contributed by atoms with Gasteiger partial charge in [0.2, 0.25) is 0 Å². The minimum atomic E-state index is 0.201. The van der Waals surface area contributed by atoms with E-state index in [-0.39, 0.29) is 6.04 Å². The average Bonchev–Trinajstić information content (AvgIpc) is 2.45. The van der Waals surface area contributed by atoms with E-state index in [1.54, 1.807) is 0 Å². The zero-order chi connectivity index (χ0) is 15.6. The van der Waals surface area contributed by atoms with E-state index in [0.717, 1.165) is 37.7 Å². The maximum absolute atomic E-state index is 6.21. The first-order chi connectivity index (χ1) is 9.92. The Hall–Kier alpha value is -1.03. The van der Waals surface area contributed by atoms with Crippen molar-refractivity contribution in [2.45, 2.75) is 26.8 Å². The summed E-state index contributed by atoms with van der Waals surface area (Å²) in [6.07, 6.45) is 0. The Morgan fingerprint density at radius 3 is 2.33 bits per heavy atom. The Morgan fingerprint density at radius 1 is 1.14 bits per heavy atom. The van der Waals surface area contributed by atoms with Crippen LogP contribution < -0.4 is 10.1 Å². The third-order valence-electron chi connectivity index (χ3n) is 3.51. The van der Waals surface area contributed by atoms with Crippen LogP contribution in [0.2, 0.25) is 5.02 Å². The van der Waals surface area contributed by atoms with Crippen LogP contribution in [-0.2, 0) is 0 Å². The number of ether oxygens (including phenoxy) is 1. The molecule has 21 heavy (non-hydrogen) atoms. The lowest BCUT2D eigenvalue weighted by Crippen LogP contribution is -2.13. The van der Waals surface area contributed by atoms with Gasteiger partial charge in [-0.3, -0.25) is 0 Å². The van der Waals surface area contributed by atoms with Crippen molar-refractivity contribution in [3.8, 4) is 11.5 Å². The van der Waals surface area contributed by atoms with E-state index in [2.05, 4.69) is 34.2 Å². The summed E-state index contributed by atoms with van der Waals surface area (Å²) in [6.45, 7) is 6.08. The van der Waals surface area contributed by atoms with Crippen LogP contribution in [0.5, 0.6) is 11.5 Å². The lowest BCUT2D eigenvalue weighted by Gasteiger charge is -2.17. The molecule has 1 unspecified atom stereocenters.